The molecule has 30 heavy (non-hydrogen) atoms. The average molecular weight is 519 g/mol. The average Bonchev–Trinajstić information content (AvgIpc) is 2.67. The van der Waals surface area contributed by atoms with Gasteiger partial charge in [-0.2, -0.15) is 0 Å². The number of carbonyl (C=O) groups is 1. The molecule has 1 unspecified atom stereocenters. The van der Waals surface area contributed by atoms with Crippen molar-refractivity contribution in [3.8, 4) is 11.5 Å². The van der Waals surface area contributed by atoms with E-state index in [2.05, 4.69) is 21.2 Å². The molecule has 0 amide bonds. The summed E-state index contributed by atoms with van der Waals surface area (Å²) in [7, 11) is 0. The van der Waals surface area contributed by atoms with Gasteiger partial charge in [0.05, 0.1) is 21.1 Å². The van der Waals surface area contributed by atoms with Crippen molar-refractivity contribution < 1.29 is 19.4 Å². The van der Waals surface area contributed by atoms with Crippen LogP contribution in [0.1, 0.15) is 38.3 Å². The molecule has 0 aliphatic rings. The highest BCUT2D eigenvalue weighted by atomic mass is 79.9. The molecule has 0 spiro atoms. The zero-order valence-electron chi connectivity index (χ0n) is 17.2. The molecule has 2 rings (SSSR count). The summed E-state index contributed by atoms with van der Waals surface area (Å²) in [5, 5.41) is 13.5. The molecule has 0 aliphatic heterocycles. The number of carboxylic acids is 1. The Labute approximate surface area is 195 Å². The molecule has 0 saturated heterocycles. The fourth-order valence-corrected chi connectivity index (χ4v) is 3.82. The summed E-state index contributed by atoms with van der Waals surface area (Å²) in [4.78, 5) is 11.5. The molecule has 2 aromatic carbocycles. The van der Waals surface area contributed by atoms with Gasteiger partial charge in [-0.15, -0.1) is 0 Å². The molecule has 2 aromatic rings. The summed E-state index contributed by atoms with van der Waals surface area (Å²) in [6, 6.07) is 8.49. The van der Waals surface area contributed by atoms with E-state index in [1.807, 2.05) is 39.0 Å². The number of rotatable bonds is 11. The van der Waals surface area contributed by atoms with Crippen LogP contribution in [0.3, 0.4) is 0 Å². The zero-order valence-corrected chi connectivity index (χ0v) is 20.3. The van der Waals surface area contributed by atoms with Crippen LogP contribution in [0.25, 0.3) is 0 Å². The number of hydrogen-bond donors (Lipinski definition) is 2. The lowest BCUT2D eigenvalue weighted by molar-refractivity contribution is -0.140. The van der Waals surface area contributed by atoms with Gasteiger partial charge in [0.25, 0.3) is 0 Å². The van der Waals surface area contributed by atoms with Crippen LogP contribution in [0.2, 0.25) is 10.0 Å². The topological polar surface area (TPSA) is 67.8 Å². The lowest BCUT2D eigenvalue weighted by Gasteiger charge is -2.19. The normalized spacial score (nSPS) is 12.1. The van der Waals surface area contributed by atoms with Gasteiger partial charge in [-0.3, -0.25) is 4.79 Å². The summed E-state index contributed by atoms with van der Waals surface area (Å²) < 4.78 is 12.5. The zero-order chi connectivity index (χ0) is 22.3. The van der Waals surface area contributed by atoms with Crippen molar-refractivity contribution in [3.63, 3.8) is 0 Å². The Hall–Kier alpha value is -1.47. The maximum Gasteiger partial charge on any atom is 0.320 e. The largest absolute Gasteiger partial charge is 0.490 e. The van der Waals surface area contributed by atoms with Gasteiger partial charge in [-0.25, -0.2) is 0 Å². The van der Waals surface area contributed by atoms with Crippen molar-refractivity contribution >= 4 is 45.1 Å². The highest BCUT2D eigenvalue weighted by molar-refractivity contribution is 9.10. The van der Waals surface area contributed by atoms with E-state index in [1.54, 1.807) is 12.1 Å². The van der Waals surface area contributed by atoms with Gasteiger partial charge in [0.1, 0.15) is 12.6 Å². The Balaban J connectivity index is 2.15. The van der Waals surface area contributed by atoms with E-state index in [9.17, 15) is 9.90 Å². The Kier molecular flexibility index (Phi) is 9.75. The van der Waals surface area contributed by atoms with E-state index in [4.69, 9.17) is 32.7 Å². The summed E-state index contributed by atoms with van der Waals surface area (Å²) in [6.07, 6.45) is 0.555. The molecule has 0 aliphatic carbocycles. The van der Waals surface area contributed by atoms with Crippen LogP contribution in [0, 0.1) is 5.92 Å². The molecular formula is C22H26BrCl2NO4. The van der Waals surface area contributed by atoms with Gasteiger partial charge < -0.3 is 19.9 Å². The highest BCUT2D eigenvalue weighted by Crippen LogP contribution is 2.38. The molecule has 0 fully saturated rings. The first-order valence-corrected chi connectivity index (χ1v) is 11.2. The second kappa shape index (κ2) is 11.8. The van der Waals surface area contributed by atoms with E-state index in [0.717, 1.165) is 15.6 Å². The van der Waals surface area contributed by atoms with E-state index in [1.165, 1.54) is 0 Å². The van der Waals surface area contributed by atoms with Crippen LogP contribution in [0.4, 0.5) is 0 Å². The van der Waals surface area contributed by atoms with Crippen molar-refractivity contribution in [2.24, 2.45) is 5.92 Å². The molecule has 2 N–H and O–H groups in total. The predicted octanol–water partition coefficient (Wildman–Crippen LogP) is 6.32. The number of aliphatic carboxylic acids is 1. The lowest BCUT2D eigenvalue weighted by Crippen LogP contribution is -2.37. The number of hydrogen-bond acceptors (Lipinski definition) is 4. The van der Waals surface area contributed by atoms with Gasteiger partial charge >= 0.3 is 5.97 Å². The fourth-order valence-electron chi connectivity index (χ4n) is 2.90. The first-order chi connectivity index (χ1) is 14.2. The minimum absolute atomic E-state index is 0.279. The molecular weight excluding hydrogens is 493 g/mol. The summed E-state index contributed by atoms with van der Waals surface area (Å²) >= 11 is 15.6. The van der Waals surface area contributed by atoms with E-state index in [-0.39, 0.29) is 5.92 Å². The van der Waals surface area contributed by atoms with Crippen LogP contribution in [-0.4, -0.2) is 23.7 Å². The number of ether oxygens (including phenoxy) is 2. The van der Waals surface area contributed by atoms with E-state index < -0.39 is 12.0 Å². The second-order valence-corrected chi connectivity index (χ2v) is 8.95. The molecule has 0 saturated carbocycles. The molecule has 1 atom stereocenters. The highest BCUT2D eigenvalue weighted by Gasteiger charge is 2.19. The Morgan fingerprint density at radius 3 is 2.47 bits per heavy atom. The van der Waals surface area contributed by atoms with E-state index in [0.29, 0.717) is 47.7 Å². The quantitative estimate of drug-likeness (QED) is 0.364. The third-order valence-corrected chi connectivity index (χ3v) is 5.62. The monoisotopic (exact) mass is 517 g/mol. The summed E-state index contributed by atoms with van der Waals surface area (Å²) in [6.45, 7) is 7.06. The Morgan fingerprint density at radius 2 is 1.87 bits per heavy atom. The maximum atomic E-state index is 11.5. The van der Waals surface area contributed by atoms with Gasteiger partial charge in [0, 0.05) is 6.54 Å². The van der Waals surface area contributed by atoms with Crippen LogP contribution in [-0.2, 0) is 17.9 Å². The second-order valence-electron chi connectivity index (χ2n) is 7.28. The van der Waals surface area contributed by atoms with Crippen molar-refractivity contribution in [3.05, 3.63) is 56.0 Å². The number of nitrogens with one attached hydrogen (secondary N) is 1. The summed E-state index contributed by atoms with van der Waals surface area (Å²) in [5.41, 5.74) is 1.77. The first kappa shape index (κ1) is 24.8. The SMILES string of the molecule is CCOc1cc(CNC(CC(C)C)C(=O)O)cc(Br)c1OCc1ccc(Cl)c(Cl)c1. The Morgan fingerprint density at radius 1 is 1.13 bits per heavy atom. The van der Waals surface area contributed by atoms with Crippen molar-refractivity contribution in [1.82, 2.24) is 5.32 Å². The van der Waals surface area contributed by atoms with Gasteiger partial charge in [0.15, 0.2) is 11.5 Å². The maximum absolute atomic E-state index is 11.5. The molecule has 0 radical (unpaired) electrons. The molecule has 0 aromatic heterocycles. The molecule has 5 nitrogen and oxygen atoms in total. The summed E-state index contributed by atoms with van der Waals surface area (Å²) in [5.74, 6) is 0.582. The number of carboxylic acid groups (broad SMARTS) is 1. The van der Waals surface area contributed by atoms with Crippen molar-refractivity contribution in [2.75, 3.05) is 6.61 Å². The van der Waals surface area contributed by atoms with Crippen LogP contribution in [0.5, 0.6) is 11.5 Å². The van der Waals surface area contributed by atoms with Gasteiger partial charge in [0.2, 0.25) is 0 Å². The number of halogens is 3. The smallest absolute Gasteiger partial charge is 0.320 e. The van der Waals surface area contributed by atoms with Crippen molar-refractivity contribution in [2.45, 2.75) is 46.4 Å². The minimum atomic E-state index is -0.852. The van der Waals surface area contributed by atoms with Crippen LogP contribution in [0.15, 0.2) is 34.8 Å². The van der Waals surface area contributed by atoms with Gasteiger partial charge in [-0.05, 0) is 70.6 Å². The third-order valence-electron chi connectivity index (χ3n) is 4.29. The lowest BCUT2D eigenvalue weighted by atomic mass is 10.0. The standard InChI is InChI=1S/C22H26BrCl2NO4/c1-4-29-20-10-15(11-26-19(22(27)28)7-13(2)3)8-16(23)21(20)30-12-14-5-6-17(24)18(25)9-14/h5-6,8-10,13,19,26H,4,7,11-12H2,1-3H3,(H,27,28). The Bertz CT molecular complexity index is 876. The molecule has 0 heterocycles. The van der Waals surface area contributed by atoms with Crippen molar-refractivity contribution in [1.29, 1.82) is 0 Å². The van der Waals surface area contributed by atoms with E-state index >= 15 is 0 Å². The fraction of sp³-hybridized carbons (Fsp3) is 0.409. The molecule has 8 heteroatoms. The van der Waals surface area contributed by atoms with Crippen LogP contribution < -0.4 is 14.8 Å². The third kappa shape index (κ3) is 7.34. The number of benzene rings is 2. The van der Waals surface area contributed by atoms with Gasteiger partial charge in [-0.1, -0.05) is 43.1 Å². The minimum Gasteiger partial charge on any atom is -0.490 e. The molecule has 0 bridgehead atoms. The molecule has 164 valence electrons. The predicted molar refractivity (Wildman–Crippen MR) is 124 cm³/mol. The van der Waals surface area contributed by atoms with Crippen LogP contribution >= 0.6 is 39.1 Å². The first-order valence-electron chi connectivity index (χ1n) is 9.69.